The second-order valence-electron chi connectivity index (χ2n) is 6.12. The zero-order chi connectivity index (χ0) is 21.9. The molecule has 3 aromatic rings. The molecule has 154 valence electrons. The molecule has 0 aliphatic rings. The number of carbonyl (C=O) groups is 1. The van der Waals surface area contributed by atoms with Crippen LogP contribution in [0.25, 0.3) is 10.9 Å². The number of sulfonamides is 1. The van der Waals surface area contributed by atoms with Crippen LogP contribution in [-0.2, 0) is 10.0 Å². The van der Waals surface area contributed by atoms with E-state index in [0.29, 0.717) is 21.1 Å². The average Bonchev–Trinajstić information content (AvgIpc) is 2.73. The minimum Gasteiger partial charge on any atom is -0.481 e. The first-order valence-corrected chi connectivity index (χ1v) is 10.9. The van der Waals surface area contributed by atoms with Gasteiger partial charge in [0.15, 0.2) is 0 Å². The molecule has 2 aromatic carbocycles. The van der Waals surface area contributed by atoms with E-state index >= 15 is 0 Å². The van der Waals surface area contributed by atoms with Gasteiger partial charge in [0.2, 0.25) is 0 Å². The number of rotatable bonds is 6. The molecule has 0 atom stereocenters. The van der Waals surface area contributed by atoms with Gasteiger partial charge in [0, 0.05) is 23.1 Å². The number of halogens is 1. The summed E-state index contributed by atoms with van der Waals surface area (Å²) >= 11 is 3.37. The molecule has 0 radical (unpaired) electrons. The van der Waals surface area contributed by atoms with Crippen molar-refractivity contribution in [2.75, 3.05) is 18.0 Å². The first kappa shape index (κ1) is 21.6. The summed E-state index contributed by atoms with van der Waals surface area (Å²) in [5.74, 6) is 4.66. The molecule has 1 aromatic heterocycles. The SMILES string of the molecule is CC#CCOc1ccc(S(=O)(=O)N(C)c2c(C(=O)O)cnc3c(Br)cccc23)cc1. The van der Waals surface area contributed by atoms with Gasteiger partial charge in [0.1, 0.15) is 17.9 Å². The molecule has 0 amide bonds. The Morgan fingerprint density at radius 3 is 2.57 bits per heavy atom. The number of carboxylic acid groups (broad SMARTS) is 1. The second kappa shape index (κ2) is 8.73. The molecule has 0 fully saturated rings. The fourth-order valence-corrected chi connectivity index (χ4v) is 4.55. The molecular weight excluding hydrogens is 472 g/mol. The molecule has 7 nitrogen and oxygen atoms in total. The number of para-hydroxylation sites is 1. The van der Waals surface area contributed by atoms with Crippen LogP contribution >= 0.6 is 15.9 Å². The van der Waals surface area contributed by atoms with E-state index in [1.54, 1.807) is 25.1 Å². The highest BCUT2D eigenvalue weighted by molar-refractivity contribution is 9.10. The molecule has 0 saturated carbocycles. The van der Waals surface area contributed by atoms with Crippen molar-refractivity contribution in [1.29, 1.82) is 0 Å². The minimum absolute atomic E-state index is 0.00442. The third-order valence-electron chi connectivity index (χ3n) is 4.33. The molecule has 1 heterocycles. The average molecular weight is 489 g/mol. The number of fused-ring (bicyclic) bond motifs is 1. The van der Waals surface area contributed by atoms with Crippen LogP contribution in [0, 0.1) is 11.8 Å². The fraction of sp³-hybridized carbons (Fsp3) is 0.143. The third kappa shape index (κ3) is 4.10. The first-order chi connectivity index (χ1) is 14.3. The molecule has 0 bridgehead atoms. The van der Waals surface area contributed by atoms with Crippen molar-refractivity contribution >= 4 is 48.5 Å². The molecule has 0 aliphatic carbocycles. The maximum absolute atomic E-state index is 13.2. The van der Waals surface area contributed by atoms with Gasteiger partial charge in [0.05, 0.1) is 16.1 Å². The van der Waals surface area contributed by atoms with E-state index in [0.717, 1.165) is 10.5 Å². The van der Waals surface area contributed by atoms with E-state index < -0.39 is 16.0 Å². The Bertz CT molecular complexity index is 1280. The van der Waals surface area contributed by atoms with Crippen LogP contribution in [-0.4, -0.2) is 38.1 Å². The molecular formula is C21H17BrN2O5S. The summed E-state index contributed by atoms with van der Waals surface area (Å²) in [7, 11) is -2.73. The van der Waals surface area contributed by atoms with Crippen LogP contribution < -0.4 is 9.04 Å². The zero-order valence-electron chi connectivity index (χ0n) is 16.1. The summed E-state index contributed by atoms with van der Waals surface area (Å²) in [5, 5.41) is 10.0. The van der Waals surface area contributed by atoms with Crippen LogP contribution in [0.5, 0.6) is 5.75 Å². The Morgan fingerprint density at radius 1 is 1.23 bits per heavy atom. The number of pyridine rings is 1. The molecule has 0 unspecified atom stereocenters. The van der Waals surface area contributed by atoms with Gasteiger partial charge in [-0.2, -0.15) is 0 Å². The van der Waals surface area contributed by atoms with Gasteiger partial charge in [-0.25, -0.2) is 13.2 Å². The number of carboxylic acids is 1. The van der Waals surface area contributed by atoms with Crippen LogP contribution in [0.1, 0.15) is 17.3 Å². The predicted molar refractivity (Wildman–Crippen MR) is 117 cm³/mol. The highest BCUT2D eigenvalue weighted by Gasteiger charge is 2.28. The Morgan fingerprint density at radius 2 is 1.93 bits per heavy atom. The van der Waals surface area contributed by atoms with E-state index in [1.165, 1.54) is 31.3 Å². The lowest BCUT2D eigenvalue weighted by Crippen LogP contribution is -2.28. The molecule has 3 rings (SSSR count). The molecule has 30 heavy (non-hydrogen) atoms. The fourth-order valence-electron chi connectivity index (χ4n) is 2.85. The van der Waals surface area contributed by atoms with E-state index in [2.05, 4.69) is 32.8 Å². The van der Waals surface area contributed by atoms with Crippen molar-refractivity contribution in [3.05, 3.63) is 58.7 Å². The Labute approximate surface area is 182 Å². The molecule has 9 heteroatoms. The monoisotopic (exact) mass is 488 g/mol. The maximum atomic E-state index is 13.2. The van der Waals surface area contributed by atoms with E-state index in [1.807, 2.05) is 0 Å². The van der Waals surface area contributed by atoms with E-state index in [4.69, 9.17) is 4.74 Å². The van der Waals surface area contributed by atoms with Gasteiger partial charge in [-0.1, -0.05) is 18.1 Å². The largest absolute Gasteiger partial charge is 0.481 e. The van der Waals surface area contributed by atoms with Crippen LogP contribution in [0.4, 0.5) is 5.69 Å². The lowest BCUT2D eigenvalue weighted by atomic mass is 10.1. The predicted octanol–water partition coefficient (Wildman–Crippen LogP) is 3.92. The summed E-state index contributed by atoms with van der Waals surface area (Å²) in [6.45, 7) is 1.89. The lowest BCUT2D eigenvalue weighted by molar-refractivity contribution is 0.0697. The van der Waals surface area contributed by atoms with Gasteiger partial charge in [-0.15, -0.1) is 5.92 Å². The number of benzene rings is 2. The highest BCUT2D eigenvalue weighted by Crippen LogP contribution is 2.35. The van der Waals surface area contributed by atoms with Gasteiger partial charge in [0.25, 0.3) is 10.0 Å². The first-order valence-electron chi connectivity index (χ1n) is 8.69. The molecule has 0 saturated heterocycles. The van der Waals surface area contributed by atoms with Crippen molar-refractivity contribution in [3.63, 3.8) is 0 Å². The van der Waals surface area contributed by atoms with Crippen LogP contribution in [0.3, 0.4) is 0 Å². The lowest BCUT2D eigenvalue weighted by Gasteiger charge is -2.23. The van der Waals surface area contributed by atoms with Crippen molar-refractivity contribution in [3.8, 4) is 17.6 Å². The Balaban J connectivity index is 2.08. The normalized spacial score (nSPS) is 10.9. The number of aromatic nitrogens is 1. The second-order valence-corrected chi connectivity index (χ2v) is 8.94. The topological polar surface area (TPSA) is 96.8 Å². The number of hydrogen-bond donors (Lipinski definition) is 1. The number of aromatic carboxylic acids is 1. The maximum Gasteiger partial charge on any atom is 0.339 e. The number of nitrogens with zero attached hydrogens (tertiary/aromatic N) is 2. The number of anilines is 1. The standard InChI is InChI=1S/C21H17BrN2O5S/c1-3-4-12-29-14-8-10-15(11-9-14)30(27,28)24(2)20-16-6-5-7-18(22)19(16)23-13-17(20)21(25)26/h5-11,13H,12H2,1-2H3,(H,25,26). The van der Waals surface area contributed by atoms with Gasteiger partial charge in [-0.3, -0.25) is 9.29 Å². The summed E-state index contributed by atoms with van der Waals surface area (Å²) in [5.41, 5.74) is 0.275. The number of ether oxygens (including phenoxy) is 1. The summed E-state index contributed by atoms with van der Waals surface area (Å²) in [6, 6.07) is 10.9. The van der Waals surface area contributed by atoms with Gasteiger partial charge < -0.3 is 9.84 Å². The van der Waals surface area contributed by atoms with Crippen LogP contribution in [0.2, 0.25) is 0 Å². The van der Waals surface area contributed by atoms with Crippen molar-refractivity contribution in [2.24, 2.45) is 0 Å². The molecule has 0 aliphatic heterocycles. The van der Waals surface area contributed by atoms with Gasteiger partial charge in [-0.05, 0) is 53.2 Å². The van der Waals surface area contributed by atoms with Crippen LogP contribution in [0.15, 0.2) is 58.0 Å². The van der Waals surface area contributed by atoms with E-state index in [9.17, 15) is 18.3 Å². The molecule has 1 N–H and O–H groups in total. The summed E-state index contributed by atoms with van der Waals surface area (Å²) in [4.78, 5) is 16.0. The molecule has 0 spiro atoms. The Kier molecular flexibility index (Phi) is 6.29. The minimum atomic E-state index is -4.05. The van der Waals surface area contributed by atoms with Crippen molar-refractivity contribution in [1.82, 2.24) is 4.98 Å². The van der Waals surface area contributed by atoms with Crippen molar-refractivity contribution < 1.29 is 23.1 Å². The van der Waals surface area contributed by atoms with Crippen molar-refractivity contribution in [2.45, 2.75) is 11.8 Å². The Hall–Kier alpha value is -3.09. The van der Waals surface area contributed by atoms with Gasteiger partial charge >= 0.3 is 5.97 Å². The quantitative estimate of drug-likeness (QED) is 0.528. The smallest absolute Gasteiger partial charge is 0.339 e. The summed E-state index contributed by atoms with van der Waals surface area (Å²) in [6.07, 6.45) is 1.16. The van der Waals surface area contributed by atoms with E-state index in [-0.39, 0.29) is 22.8 Å². The summed E-state index contributed by atoms with van der Waals surface area (Å²) < 4.78 is 33.5. The zero-order valence-corrected chi connectivity index (χ0v) is 18.5. The highest BCUT2D eigenvalue weighted by atomic mass is 79.9. The third-order valence-corrected chi connectivity index (χ3v) is 6.75. The number of hydrogen-bond acceptors (Lipinski definition) is 5.